The minimum Gasteiger partial charge on any atom is -0.357 e. The molecule has 0 spiro atoms. The second-order valence-electron chi connectivity index (χ2n) is 5.24. The number of H-pyrrole nitrogens is 1. The highest BCUT2D eigenvalue weighted by Gasteiger charge is 2.19. The zero-order valence-corrected chi connectivity index (χ0v) is 11.2. The van der Waals surface area contributed by atoms with Crippen molar-refractivity contribution in [1.29, 1.82) is 0 Å². The van der Waals surface area contributed by atoms with Crippen LogP contribution in [-0.4, -0.2) is 4.98 Å². The fraction of sp³-hybridized carbons (Fsp3) is 0.400. The number of hydrogen-bond donors (Lipinski definition) is 1. The maximum absolute atomic E-state index is 12.2. The minimum absolute atomic E-state index is 0.0799. The summed E-state index contributed by atoms with van der Waals surface area (Å²) in [5, 5.41) is 1.34. The van der Waals surface area contributed by atoms with E-state index in [1.807, 2.05) is 19.1 Å². The van der Waals surface area contributed by atoms with Crippen LogP contribution in [0.25, 0.3) is 10.9 Å². The van der Waals surface area contributed by atoms with Gasteiger partial charge in [-0.1, -0.05) is 24.4 Å². The molecule has 1 aromatic carbocycles. The first-order valence-electron chi connectivity index (χ1n) is 6.48. The first-order chi connectivity index (χ1) is 8.65. The molecule has 0 amide bonds. The molecule has 18 heavy (non-hydrogen) atoms. The van der Waals surface area contributed by atoms with Crippen LogP contribution in [0, 0.1) is 6.92 Å². The Hall–Kier alpha value is -1.28. The van der Waals surface area contributed by atoms with Crippen LogP contribution >= 0.6 is 11.6 Å². The second kappa shape index (κ2) is 4.43. The number of nitrogens with one attached hydrogen (secondary N) is 1. The summed E-state index contributed by atoms with van der Waals surface area (Å²) in [4.78, 5) is 15.6. The number of aromatic nitrogens is 1. The van der Waals surface area contributed by atoms with Crippen molar-refractivity contribution in [3.63, 3.8) is 0 Å². The molecule has 0 radical (unpaired) electrons. The lowest BCUT2D eigenvalue weighted by Gasteiger charge is -2.11. The van der Waals surface area contributed by atoms with Gasteiger partial charge in [0.25, 0.3) is 0 Å². The predicted octanol–water partition coefficient (Wildman–Crippen LogP) is 4.15. The molecule has 1 heterocycles. The van der Waals surface area contributed by atoms with E-state index in [0.717, 1.165) is 16.8 Å². The molecule has 1 fully saturated rings. The quantitative estimate of drug-likeness (QED) is 0.822. The Balaban J connectivity index is 2.23. The second-order valence-corrected chi connectivity index (χ2v) is 5.65. The number of benzene rings is 1. The molecule has 1 aromatic heterocycles. The summed E-state index contributed by atoms with van der Waals surface area (Å²) in [7, 11) is 0. The van der Waals surface area contributed by atoms with Crippen LogP contribution < -0.4 is 5.43 Å². The highest BCUT2D eigenvalue weighted by molar-refractivity contribution is 6.35. The Morgan fingerprint density at radius 2 is 1.94 bits per heavy atom. The fourth-order valence-electron chi connectivity index (χ4n) is 2.92. The summed E-state index contributed by atoms with van der Waals surface area (Å²) in [5.41, 5.74) is 2.94. The molecule has 1 aliphatic carbocycles. The molecule has 0 unspecified atom stereocenters. The fourth-order valence-corrected chi connectivity index (χ4v) is 3.24. The molecular weight excluding hydrogens is 246 g/mol. The van der Waals surface area contributed by atoms with Crippen LogP contribution in [0.3, 0.4) is 0 Å². The van der Waals surface area contributed by atoms with Gasteiger partial charge in [-0.2, -0.15) is 0 Å². The third-order valence-corrected chi connectivity index (χ3v) is 4.15. The van der Waals surface area contributed by atoms with Crippen molar-refractivity contribution in [3.8, 4) is 0 Å². The van der Waals surface area contributed by atoms with E-state index in [9.17, 15) is 4.79 Å². The predicted molar refractivity (Wildman–Crippen MR) is 75.5 cm³/mol. The zero-order valence-electron chi connectivity index (χ0n) is 10.4. The molecule has 2 nitrogen and oxygen atoms in total. The number of pyridine rings is 1. The number of hydrogen-bond acceptors (Lipinski definition) is 1. The van der Waals surface area contributed by atoms with Crippen molar-refractivity contribution < 1.29 is 0 Å². The number of fused-ring (bicyclic) bond motifs is 1. The van der Waals surface area contributed by atoms with Gasteiger partial charge in [0.15, 0.2) is 5.43 Å². The largest absolute Gasteiger partial charge is 0.357 e. The molecule has 3 heteroatoms. The molecule has 0 aliphatic heterocycles. The van der Waals surface area contributed by atoms with Gasteiger partial charge in [-0.05, 0) is 43.4 Å². The van der Waals surface area contributed by atoms with Crippen molar-refractivity contribution in [2.45, 2.75) is 38.5 Å². The van der Waals surface area contributed by atoms with Crippen molar-refractivity contribution in [2.24, 2.45) is 0 Å². The number of aryl methyl sites for hydroxylation is 1. The molecular formula is C15H16ClNO. The standard InChI is InChI=1S/C15H16ClNO/c1-9-6-11-14(18)8-13(10-4-2-3-5-10)17-15(11)12(16)7-9/h6-8,10H,2-5H2,1H3,(H,17,18). The van der Waals surface area contributed by atoms with Crippen molar-refractivity contribution in [1.82, 2.24) is 4.98 Å². The number of aromatic amines is 1. The molecule has 0 atom stereocenters. The summed E-state index contributed by atoms with van der Waals surface area (Å²) in [6.07, 6.45) is 4.86. The van der Waals surface area contributed by atoms with Gasteiger partial charge in [0.1, 0.15) is 0 Å². The molecule has 3 rings (SSSR count). The number of halogens is 1. The van der Waals surface area contributed by atoms with Crippen LogP contribution in [-0.2, 0) is 0 Å². The average Bonchev–Trinajstić information content (AvgIpc) is 2.83. The van der Waals surface area contributed by atoms with E-state index in [1.165, 1.54) is 25.7 Å². The topological polar surface area (TPSA) is 32.9 Å². The summed E-state index contributed by atoms with van der Waals surface area (Å²) in [6.45, 7) is 1.95. The third kappa shape index (κ3) is 1.95. The van der Waals surface area contributed by atoms with Crippen molar-refractivity contribution in [2.75, 3.05) is 0 Å². The first kappa shape index (κ1) is 11.8. The maximum atomic E-state index is 12.2. The van der Waals surface area contributed by atoms with Gasteiger partial charge in [-0.15, -0.1) is 0 Å². The third-order valence-electron chi connectivity index (χ3n) is 3.85. The van der Waals surface area contributed by atoms with Gasteiger partial charge in [0.05, 0.1) is 10.5 Å². The molecule has 0 bridgehead atoms. The smallest absolute Gasteiger partial charge is 0.189 e. The highest BCUT2D eigenvalue weighted by atomic mass is 35.5. The Labute approximate surface area is 111 Å². The molecule has 0 saturated heterocycles. The summed E-state index contributed by atoms with van der Waals surface area (Å²) >= 11 is 6.24. The van der Waals surface area contributed by atoms with Crippen LogP contribution in [0.15, 0.2) is 23.0 Å². The lowest BCUT2D eigenvalue weighted by Crippen LogP contribution is -2.08. The molecule has 94 valence electrons. The maximum Gasteiger partial charge on any atom is 0.189 e. The molecule has 2 aromatic rings. The zero-order chi connectivity index (χ0) is 12.7. The normalized spacial score (nSPS) is 16.6. The number of rotatable bonds is 1. The van der Waals surface area contributed by atoms with Gasteiger partial charge in [-0.25, -0.2) is 0 Å². The monoisotopic (exact) mass is 261 g/mol. The van der Waals surface area contributed by atoms with Gasteiger partial charge in [0.2, 0.25) is 0 Å². The Kier molecular flexibility index (Phi) is 2.90. The van der Waals surface area contributed by atoms with Gasteiger partial charge < -0.3 is 4.98 Å². The Morgan fingerprint density at radius 1 is 1.22 bits per heavy atom. The van der Waals surface area contributed by atoms with Gasteiger partial charge in [0, 0.05) is 17.1 Å². The summed E-state index contributed by atoms with van der Waals surface area (Å²) in [5.74, 6) is 0.500. The van der Waals surface area contributed by atoms with E-state index in [2.05, 4.69) is 4.98 Å². The first-order valence-corrected chi connectivity index (χ1v) is 6.86. The molecule has 1 N–H and O–H groups in total. The van der Waals surface area contributed by atoms with Crippen LogP contribution in [0.4, 0.5) is 0 Å². The summed E-state index contributed by atoms with van der Waals surface area (Å²) < 4.78 is 0. The molecule has 1 aliphatic rings. The lowest BCUT2D eigenvalue weighted by molar-refractivity contribution is 0.700. The SMILES string of the molecule is Cc1cc(Cl)c2[nH]c(C3CCCC3)cc(=O)c2c1. The van der Waals surface area contributed by atoms with Crippen LogP contribution in [0.1, 0.15) is 42.9 Å². The summed E-state index contributed by atoms with van der Waals surface area (Å²) in [6, 6.07) is 5.56. The van der Waals surface area contributed by atoms with Crippen LogP contribution in [0.5, 0.6) is 0 Å². The van der Waals surface area contributed by atoms with E-state index in [1.54, 1.807) is 6.07 Å². The molecule has 1 saturated carbocycles. The van der Waals surface area contributed by atoms with Gasteiger partial charge in [-0.3, -0.25) is 4.79 Å². The van der Waals surface area contributed by atoms with Crippen molar-refractivity contribution >= 4 is 22.5 Å². The average molecular weight is 262 g/mol. The van der Waals surface area contributed by atoms with E-state index in [0.29, 0.717) is 16.3 Å². The van der Waals surface area contributed by atoms with E-state index < -0.39 is 0 Å². The Morgan fingerprint density at radius 3 is 2.67 bits per heavy atom. The van der Waals surface area contributed by atoms with Crippen LogP contribution in [0.2, 0.25) is 5.02 Å². The van der Waals surface area contributed by atoms with E-state index in [-0.39, 0.29) is 5.43 Å². The Bertz CT molecular complexity index is 653. The highest BCUT2D eigenvalue weighted by Crippen LogP contribution is 2.33. The van der Waals surface area contributed by atoms with E-state index in [4.69, 9.17) is 11.6 Å². The van der Waals surface area contributed by atoms with E-state index >= 15 is 0 Å². The van der Waals surface area contributed by atoms with Crippen molar-refractivity contribution in [3.05, 3.63) is 44.7 Å². The van der Waals surface area contributed by atoms with Gasteiger partial charge >= 0.3 is 0 Å². The lowest BCUT2D eigenvalue weighted by atomic mass is 10.0. The minimum atomic E-state index is 0.0799.